The van der Waals surface area contributed by atoms with E-state index in [-0.39, 0.29) is 36.8 Å². The number of hydrogen-bond donors (Lipinski definition) is 2. The third-order valence-electron chi connectivity index (χ3n) is 4.00. The van der Waals surface area contributed by atoms with Crippen molar-refractivity contribution in [2.24, 2.45) is 5.73 Å². The number of hydrogen-bond acceptors (Lipinski definition) is 3. The third kappa shape index (κ3) is 4.09. The first-order valence-corrected chi connectivity index (χ1v) is 7.14. The van der Waals surface area contributed by atoms with Crippen LogP contribution in [-0.2, 0) is 0 Å². The summed E-state index contributed by atoms with van der Waals surface area (Å²) in [5.41, 5.74) is 6.40. The van der Waals surface area contributed by atoms with Gasteiger partial charge in [-0.15, -0.1) is 24.8 Å². The summed E-state index contributed by atoms with van der Waals surface area (Å²) in [4.78, 5) is 16.7. The highest BCUT2D eigenvalue weighted by atomic mass is 35.5. The number of halogens is 2. The van der Waals surface area contributed by atoms with Crippen molar-refractivity contribution >= 4 is 41.5 Å². The van der Waals surface area contributed by atoms with Crippen LogP contribution >= 0.6 is 24.8 Å². The molecule has 22 heavy (non-hydrogen) atoms. The summed E-state index contributed by atoms with van der Waals surface area (Å²) >= 11 is 0. The van der Waals surface area contributed by atoms with E-state index in [1.54, 1.807) is 6.20 Å². The summed E-state index contributed by atoms with van der Waals surface area (Å²) in [6.45, 7) is 0. The topological polar surface area (TPSA) is 68.0 Å². The van der Waals surface area contributed by atoms with Gasteiger partial charge in [0.15, 0.2) is 0 Å². The number of fused-ring (bicyclic) bond motifs is 1. The minimum Gasteiger partial charge on any atom is -0.348 e. The molecule has 0 bridgehead atoms. The zero-order valence-corrected chi connectivity index (χ0v) is 13.8. The molecule has 1 fully saturated rings. The second-order valence-corrected chi connectivity index (χ2v) is 5.47. The van der Waals surface area contributed by atoms with Crippen LogP contribution in [0.3, 0.4) is 0 Å². The molecule has 0 radical (unpaired) electrons. The Hall–Kier alpha value is -1.36. The van der Waals surface area contributed by atoms with Crippen LogP contribution < -0.4 is 11.1 Å². The number of amides is 1. The molecule has 1 saturated carbocycles. The van der Waals surface area contributed by atoms with Crippen LogP contribution in [0.2, 0.25) is 0 Å². The Morgan fingerprint density at radius 2 is 1.77 bits per heavy atom. The Morgan fingerprint density at radius 1 is 1.09 bits per heavy atom. The second-order valence-electron chi connectivity index (χ2n) is 5.47. The molecule has 0 saturated heterocycles. The molecular weight excluding hydrogens is 321 g/mol. The van der Waals surface area contributed by atoms with E-state index < -0.39 is 0 Å². The molecule has 1 amide bonds. The normalized spacial score (nSPS) is 20.6. The molecule has 0 unspecified atom stereocenters. The minimum atomic E-state index is -0.0812. The number of benzene rings is 1. The first-order chi connectivity index (χ1) is 9.74. The van der Waals surface area contributed by atoms with E-state index in [0.717, 1.165) is 36.5 Å². The Labute approximate surface area is 142 Å². The Kier molecular flexibility index (Phi) is 7.07. The predicted molar refractivity (Wildman–Crippen MR) is 93.9 cm³/mol. The van der Waals surface area contributed by atoms with Crippen LogP contribution in [0.25, 0.3) is 10.8 Å². The van der Waals surface area contributed by atoms with Gasteiger partial charge in [-0.2, -0.15) is 0 Å². The fourth-order valence-electron chi connectivity index (χ4n) is 2.82. The minimum absolute atomic E-state index is 0. The number of nitrogens with zero attached hydrogens (tertiary/aromatic N) is 1. The lowest BCUT2D eigenvalue weighted by atomic mass is 9.91. The lowest BCUT2D eigenvalue weighted by Gasteiger charge is -2.26. The van der Waals surface area contributed by atoms with E-state index in [1.807, 2.05) is 30.3 Å². The predicted octanol–water partition coefficient (Wildman–Crippen LogP) is 3.08. The van der Waals surface area contributed by atoms with Crippen LogP contribution in [0.15, 0.2) is 36.5 Å². The van der Waals surface area contributed by atoms with Gasteiger partial charge in [0.2, 0.25) is 0 Å². The van der Waals surface area contributed by atoms with Crippen molar-refractivity contribution in [2.75, 3.05) is 0 Å². The Bertz CT molecular complexity index is 622. The second kappa shape index (κ2) is 8.32. The fourth-order valence-corrected chi connectivity index (χ4v) is 2.82. The van der Waals surface area contributed by atoms with Crippen LogP contribution in [-0.4, -0.2) is 23.0 Å². The van der Waals surface area contributed by atoms with Crippen LogP contribution in [0, 0.1) is 0 Å². The van der Waals surface area contributed by atoms with Crippen LogP contribution in [0.4, 0.5) is 0 Å². The van der Waals surface area contributed by atoms with Crippen molar-refractivity contribution < 1.29 is 4.79 Å². The molecule has 2 aromatic rings. The van der Waals surface area contributed by atoms with E-state index in [2.05, 4.69) is 10.3 Å². The smallest absolute Gasteiger partial charge is 0.270 e. The van der Waals surface area contributed by atoms with Gasteiger partial charge in [-0.3, -0.25) is 9.78 Å². The van der Waals surface area contributed by atoms with E-state index in [9.17, 15) is 4.79 Å². The maximum atomic E-state index is 12.4. The summed E-state index contributed by atoms with van der Waals surface area (Å²) in [5.74, 6) is -0.0812. The average molecular weight is 342 g/mol. The lowest BCUT2D eigenvalue weighted by Crippen LogP contribution is -2.40. The number of rotatable bonds is 2. The molecule has 3 rings (SSSR count). The molecule has 0 aliphatic heterocycles. The number of aromatic nitrogens is 1. The Balaban J connectivity index is 0.00000121. The van der Waals surface area contributed by atoms with Crippen molar-refractivity contribution in [1.82, 2.24) is 10.3 Å². The van der Waals surface area contributed by atoms with Gasteiger partial charge in [-0.05, 0) is 37.1 Å². The number of nitrogens with one attached hydrogen (secondary N) is 1. The standard InChI is InChI=1S/C16H19N3O.2ClH/c17-12-5-7-13(8-6-12)19-16(20)15-14-4-2-1-3-11(14)9-10-18-15;;/h1-4,9-10,12-13H,5-8,17H2,(H,19,20);2*1H. The number of carbonyl (C=O) groups is 1. The maximum Gasteiger partial charge on any atom is 0.270 e. The molecule has 0 spiro atoms. The van der Waals surface area contributed by atoms with E-state index in [4.69, 9.17) is 5.73 Å². The SMILES string of the molecule is Cl.Cl.NC1CCC(NC(=O)c2nccc3ccccc23)CC1. The molecule has 1 aromatic carbocycles. The molecule has 3 N–H and O–H groups in total. The molecule has 4 nitrogen and oxygen atoms in total. The van der Waals surface area contributed by atoms with Gasteiger partial charge in [-0.25, -0.2) is 0 Å². The summed E-state index contributed by atoms with van der Waals surface area (Å²) in [6, 6.07) is 10.3. The van der Waals surface area contributed by atoms with Crippen molar-refractivity contribution in [3.8, 4) is 0 Å². The number of nitrogens with two attached hydrogens (primary N) is 1. The first-order valence-electron chi connectivity index (χ1n) is 7.14. The molecule has 1 aliphatic carbocycles. The maximum absolute atomic E-state index is 12.4. The molecule has 1 aliphatic rings. The zero-order chi connectivity index (χ0) is 13.9. The van der Waals surface area contributed by atoms with Gasteiger partial charge in [-0.1, -0.05) is 24.3 Å². The van der Waals surface area contributed by atoms with Gasteiger partial charge in [0.05, 0.1) is 0 Å². The summed E-state index contributed by atoms with van der Waals surface area (Å²) in [6.07, 6.45) is 5.56. The average Bonchev–Trinajstić information content (AvgIpc) is 2.49. The third-order valence-corrected chi connectivity index (χ3v) is 4.00. The summed E-state index contributed by atoms with van der Waals surface area (Å²) in [5, 5.41) is 5.03. The molecule has 0 atom stereocenters. The molecular formula is C16H21Cl2N3O. The summed E-state index contributed by atoms with van der Waals surface area (Å²) < 4.78 is 0. The van der Waals surface area contributed by atoms with E-state index in [0.29, 0.717) is 11.7 Å². The summed E-state index contributed by atoms with van der Waals surface area (Å²) in [7, 11) is 0. The quantitative estimate of drug-likeness (QED) is 0.881. The van der Waals surface area contributed by atoms with Crippen molar-refractivity contribution in [3.63, 3.8) is 0 Å². The highest BCUT2D eigenvalue weighted by Crippen LogP contribution is 2.19. The van der Waals surface area contributed by atoms with E-state index >= 15 is 0 Å². The van der Waals surface area contributed by atoms with Crippen molar-refractivity contribution in [3.05, 3.63) is 42.2 Å². The number of pyridine rings is 1. The molecule has 1 aromatic heterocycles. The van der Waals surface area contributed by atoms with Gasteiger partial charge < -0.3 is 11.1 Å². The monoisotopic (exact) mass is 341 g/mol. The van der Waals surface area contributed by atoms with Crippen LogP contribution in [0.5, 0.6) is 0 Å². The first kappa shape index (κ1) is 18.7. The van der Waals surface area contributed by atoms with Gasteiger partial charge >= 0.3 is 0 Å². The molecule has 120 valence electrons. The largest absolute Gasteiger partial charge is 0.348 e. The lowest BCUT2D eigenvalue weighted by molar-refractivity contribution is 0.0922. The van der Waals surface area contributed by atoms with Crippen LogP contribution in [0.1, 0.15) is 36.2 Å². The Morgan fingerprint density at radius 3 is 2.50 bits per heavy atom. The fraction of sp³-hybridized carbons (Fsp3) is 0.375. The van der Waals surface area contributed by atoms with Gasteiger partial charge in [0.1, 0.15) is 5.69 Å². The van der Waals surface area contributed by atoms with Crippen molar-refractivity contribution in [2.45, 2.75) is 37.8 Å². The number of carbonyl (C=O) groups excluding carboxylic acids is 1. The molecule has 1 heterocycles. The zero-order valence-electron chi connectivity index (χ0n) is 12.2. The van der Waals surface area contributed by atoms with E-state index in [1.165, 1.54) is 0 Å². The van der Waals surface area contributed by atoms with Gasteiger partial charge in [0, 0.05) is 23.7 Å². The molecule has 6 heteroatoms. The van der Waals surface area contributed by atoms with Crippen molar-refractivity contribution in [1.29, 1.82) is 0 Å². The van der Waals surface area contributed by atoms with Gasteiger partial charge in [0.25, 0.3) is 5.91 Å². The highest BCUT2D eigenvalue weighted by Gasteiger charge is 2.21. The highest BCUT2D eigenvalue weighted by molar-refractivity contribution is 6.05.